The van der Waals surface area contributed by atoms with Gasteiger partial charge in [-0.1, -0.05) is 32.9 Å². The van der Waals surface area contributed by atoms with Crippen LogP contribution in [-0.4, -0.2) is 22.6 Å². The molecule has 0 radical (unpaired) electrons. The van der Waals surface area contributed by atoms with Crippen LogP contribution in [0.2, 0.25) is 0 Å². The molecule has 0 saturated heterocycles. The number of hydrogen-bond donors (Lipinski definition) is 1. The number of Topliss-reactive ketones (excluding diaryl/α,β-unsaturated/α-hetero) is 1. The van der Waals surface area contributed by atoms with E-state index in [1.807, 2.05) is 31.2 Å². The van der Waals surface area contributed by atoms with Gasteiger partial charge in [0, 0.05) is 22.2 Å². The van der Waals surface area contributed by atoms with E-state index in [4.69, 9.17) is 4.74 Å². The lowest BCUT2D eigenvalue weighted by atomic mass is 9.88. The summed E-state index contributed by atoms with van der Waals surface area (Å²) in [7, 11) is 0. The number of aryl methyl sites for hydroxylation is 1. The van der Waals surface area contributed by atoms with E-state index in [9.17, 15) is 4.79 Å². The van der Waals surface area contributed by atoms with Gasteiger partial charge in [0.05, 0.1) is 11.8 Å². The third-order valence-corrected chi connectivity index (χ3v) is 3.87. The van der Waals surface area contributed by atoms with Gasteiger partial charge in [-0.3, -0.25) is 9.89 Å². The fourth-order valence-electron chi connectivity index (χ4n) is 2.71. The van der Waals surface area contributed by atoms with E-state index < -0.39 is 0 Å². The first-order chi connectivity index (χ1) is 10.4. The first kappa shape index (κ1) is 14.6. The van der Waals surface area contributed by atoms with Crippen LogP contribution in [0.15, 0.2) is 30.0 Å². The van der Waals surface area contributed by atoms with Gasteiger partial charge in [-0.05, 0) is 24.6 Å². The Morgan fingerprint density at radius 3 is 2.82 bits per heavy atom. The number of carbonyl (C=O) groups excluding carboxylic acids is 1. The molecule has 1 aliphatic heterocycles. The lowest BCUT2D eigenvalue weighted by Crippen LogP contribution is -2.20. The van der Waals surface area contributed by atoms with Gasteiger partial charge in [-0.15, -0.1) is 0 Å². The first-order valence-corrected chi connectivity index (χ1v) is 7.39. The summed E-state index contributed by atoms with van der Waals surface area (Å²) in [6, 6.07) is 5.66. The summed E-state index contributed by atoms with van der Waals surface area (Å²) in [6.07, 6.45) is 3.64. The van der Waals surface area contributed by atoms with Crippen molar-refractivity contribution in [2.75, 3.05) is 6.61 Å². The molecule has 2 aromatic rings. The number of ketones is 1. The second-order valence-corrected chi connectivity index (χ2v) is 6.69. The minimum Gasteiger partial charge on any atom is -0.488 e. The second-order valence-electron chi connectivity index (χ2n) is 6.69. The van der Waals surface area contributed by atoms with Gasteiger partial charge >= 0.3 is 0 Å². The highest BCUT2D eigenvalue weighted by atomic mass is 16.5. The standard InChI is InChI=1S/C18H20N2O2/c1-11-6-5-7-14-15(21)13(10-22-16(11)14)8-12-9-19-20-17(12)18(2,3)4/h5-9H,10H2,1-4H3,(H,19,20). The fraction of sp³-hybridized carbons (Fsp3) is 0.333. The first-order valence-electron chi connectivity index (χ1n) is 7.39. The molecular weight excluding hydrogens is 276 g/mol. The van der Waals surface area contributed by atoms with Crippen molar-refractivity contribution in [1.29, 1.82) is 0 Å². The van der Waals surface area contributed by atoms with E-state index in [0.29, 0.717) is 23.5 Å². The summed E-state index contributed by atoms with van der Waals surface area (Å²) in [5.41, 5.74) is 4.18. The second kappa shape index (κ2) is 5.13. The lowest BCUT2D eigenvalue weighted by molar-refractivity contribution is 0.100. The molecular formula is C18H20N2O2. The summed E-state index contributed by atoms with van der Waals surface area (Å²) in [4.78, 5) is 12.7. The Kier molecular flexibility index (Phi) is 3.39. The van der Waals surface area contributed by atoms with E-state index in [2.05, 4.69) is 31.0 Å². The number of fused-ring (bicyclic) bond motifs is 1. The number of ether oxygens (including phenoxy) is 1. The fourth-order valence-corrected chi connectivity index (χ4v) is 2.71. The molecule has 0 amide bonds. The molecule has 0 spiro atoms. The number of para-hydroxylation sites is 1. The van der Waals surface area contributed by atoms with Crippen LogP contribution < -0.4 is 4.74 Å². The number of nitrogens with one attached hydrogen (secondary N) is 1. The van der Waals surface area contributed by atoms with Crippen LogP contribution >= 0.6 is 0 Å². The van der Waals surface area contributed by atoms with Crippen LogP contribution in [0, 0.1) is 6.92 Å². The summed E-state index contributed by atoms with van der Waals surface area (Å²) < 4.78 is 5.79. The summed E-state index contributed by atoms with van der Waals surface area (Å²) in [5, 5.41) is 7.15. The molecule has 0 aliphatic carbocycles. The van der Waals surface area contributed by atoms with Crippen LogP contribution in [0.5, 0.6) is 5.75 Å². The maximum atomic E-state index is 12.7. The molecule has 1 N–H and O–H groups in total. The zero-order valence-electron chi connectivity index (χ0n) is 13.4. The van der Waals surface area contributed by atoms with Crippen molar-refractivity contribution in [3.05, 3.63) is 52.4 Å². The Morgan fingerprint density at radius 2 is 2.09 bits per heavy atom. The highest BCUT2D eigenvalue weighted by Gasteiger charge is 2.26. The van der Waals surface area contributed by atoms with Gasteiger partial charge in [0.2, 0.25) is 0 Å². The highest BCUT2D eigenvalue weighted by molar-refractivity contribution is 6.14. The molecule has 1 aromatic carbocycles. The average Bonchev–Trinajstić information content (AvgIpc) is 2.91. The van der Waals surface area contributed by atoms with Crippen LogP contribution in [0.4, 0.5) is 0 Å². The monoisotopic (exact) mass is 296 g/mol. The van der Waals surface area contributed by atoms with Crippen LogP contribution in [0.3, 0.4) is 0 Å². The topological polar surface area (TPSA) is 55.0 Å². The quantitative estimate of drug-likeness (QED) is 0.817. The summed E-state index contributed by atoms with van der Waals surface area (Å²) in [5.74, 6) is 0.735. The Bertz CT molecular complexity index is 764. The zero-order valence-corrected chi connectivity index (χ0v) is 13.4. The predicted octanol–water partition coefficient (Wildman–Crippen LogP) is 3.67. The van der Waals surface area contributed by atoms with Gasteiger partial charge in [0.25, 0.3) is 0 Å². The van der Waals surface area contributed by atoms with E-state index in [1.165, 1.54) is 0 Å². The van der Waals surface area contributed by atoms with E-state index >= 15 is 0 Å². The molecule has 4 heteroatoms. The van der Waals surface area contributed by atoms with Gasteiger partial charge in [0.15, 0.2) is 5.78 Å². The third-order valence-electron chi connectivity index (χ3n) is 3.87. The molecule has 1 aromatic heterocycles. The molecule has 2 heterocycles. The zero-order chi connectivity index (χ0) is 15.9. The van der Waals surface area contributed by atoms with Crippen molar-refractivity contribution >= 4 is 11.9 Å². The Labute approximate surface area is 130 Å². The van der Waals surface area contributed by atoms with Gasteiger partial charge in [0.1, 0.15) is 12.4 Å². The minimum atomic E-state index is -0.0596. The predicted molar refractivity (Wildman–Crippen MR) is 86.3 cm³/mol. The molecule has 3 rings (SSSR count). The number of aromatic nitrogens is 2. The van der Waals surface area contributed by atoms with Gasteiger partial charge in [-0.2, -0.15) is 5.10 Å². The largest absolute Gasteiger partial charge is 0.488 e. The molecule has 4 nitrogen and oxygen atoms in total. The number of benzene rings is 1. The summed E-state index contributed by atoms with van der Waals surface area (Å²) in [6.45, 7) is 8.58. The number of nitrogens with zero attached hydrogens (tertiary/aromatic N) is 1. The van der Waals surface area contributed by atoms with Crippen molar-refractivity contribution in [3.8, 4) is 5.75 Å². The van der Waals surface area contributed by atoms with Crippen molar-refractivity contribution in [2.24, 2.45) is 0 Å². The molecule has 0 bridgehead atoms. The normalized spacial score (nSPS) is 16.5. The maximum Gasteiger partial charge on any atom is 0.196 e. The SMILES string of the molecule is Cc1cccc2c1OCC(=Cc1cn[nH]c1C(C)(C)C)C2=O. The smallest absolute Gasteiger partial charge is 0.196 e. The number of hydrogen-bond acceptors (Lipinski definition) is 3. The molecule has 0 unspecified atom stereocenters. The highest BCUT2D eigenvalue weighted by Crippen LogP contribution is 2.32. The number of H-pyrrole nitrogens is 1. The number of carbonyl (C=O) groups is 1. The minimum absolute atomic E-state index is 0.0333. The van der Waals surface area contributed by atoms with E-state index in [1.54, 1.807) is 6.20 Å². The third kappa shape index (κ3) is 2.45. The maximum absolute atomic E-state index is 12.7. The Hall–Kier alpha value is -2.36. The van der Waals surface area contributed by atoms with Crippen LogP contribution in [-0.2, 0) is 5.41 Å². The molecule has 1 aliphatic rings. The molecule has 0 fully saturated rings. The van der Waals surface area contributed by atoms with Crippen molar-refractivity contribution in [3.63, 3.8) is 0 Å². The molecule has 0 atom stereocenters. The van der Waals surface area contributed by atoms with Crippen molar-refractivity contribution < 1.29 is 9.53 Å². The molecule has 114 valence electrons. The Morgan fingerprint density at radius 1 is 1.32 bits per heavy atom. The van der Waals surface area contributed by atoms with E-state index in [-0.39, 0.29) is 11.2 Å². The lowest BCUT2D eigenvalue weighted by Gasteiger charge is -2.21. The number of aromatic amines is 1. The van der Waals surface area contributed by atoms with Crippen LogP contribution in [0.25, 0.3) is 6.08 Å². The Balaban J connectivity index is 2.01. The van der Waals surface area contributed by atoms with Gasteiger partial charge in [-0.25, -0.2) is 0 Å². The molecule has 0 saturated carbocycles. The summed E-state index contributed by atoms with van der Waals surface area (Å²) >= 11 is 0. The van der Waals surface area contributed by atoms with Gasteiger partial charge < -0.3 is 4.74 Å². The number of rotatable bonds is 1. The average molecular weight is 296 g/mol. The van der Waals surface area contributed by atoms with Crippen molar-refractivity contribution in [2.45, 2.75) is 33.1 Å². The van der Waals surface area contributed by atoms with Crippen LogP contribution in [0.1, 0.15) is 48.0 Å². The van der Waals surface area contributed by atoms with Crippen molar-refractivity contribution in [1.82, 2.24) is 10.2 Å². The molecule has 22 heavy (non-hydrogen) atoms. The van der Waals surface area contributed by atoms with E-state index in [0.717, 1.165) is 16.8 Å².